The van der Waals surface area contributed by atoms with E-state index in [1.54, 1.807) is 36.4 Å². The summed E-state index contributed by atoms with van der Waals surface area (Å²) in [6.07, 6.45) is 0.499. The summed E-state index contributed by atoms with van der Waals surface area (Å²) in [6, 6.07) is 13.6. The van der Waals surface area contributed by atoms with Gasteiger partial charge >= 0.3 is 5.97 Å². The van der Waals surface area contributed by atoms with Crippen molar-refractivity contribution >= 4 is 23.5 Å². The van der Waals surface area contributed by atoms with E-state index in [1.807, 2.05) is 0 Å². The third kappa shape index (κ3) is 5.93. The largest absolute Gasteiger partial charge is 0.479 e. The average molecular weight is 445 g/mol. The van der Waals surface area contributed by atoms with Gasteiger partial charge in [0, 0.05) is 18.8 Å². The molecule has 9 heteroatoms. The fraction of sp³-hybridized carbons (Fsp3) is 0.136. The van der Waals surface area contributed by atoms with Crippen LogP contribution in [0, 0.1) is 5.82 Å². The monoisotopic (exact) mass is 444 g/mol. The van der Waals surface area contributed by atoms with Crippen molar-refractivity contribution in [1.82, 2.24) is 10.3 Å². The molecule has 0 saturated carbocycles. The van der Waals surface area contributed by atoms with Crippen molar-refractivity contribution in [2.24, 2.45) is 0 Å². The van der Waals surface area contributed by atoms with E-state index < -0.39 is 23.8 Å². The van der Waals surface area contributed by atoms with Gasteiger partial charge in [-0.05, 0) is 48.9 Å². The van der Waals surface area contributed by atoms with Crippen molar-refractivity contribution in [2.75, 3.05) is 0 Å². The van der Waals surface area contributed by atoms with Gasteiger partial charge in [-0.25, -0.2) is 14.2 Å². The second-order valence-electron chi connectivity index (χ2n) is 6.46. The van der Waals surface area contributed by atoms with E-state index in [-0.39, 0.29) is 28.8 Å². The maximum atomic E-state index is 13.3. The number of aromatic nitrogens is 1. The van der Waals surface area contributed by atoms with E-state index in [9.17, 15) is 14.0 Å². The van der Waals surface area contributed by atoms with Crippen LogP contribution in [-0.2, 0) is 11.3 Å². The molecular weight excluding hydrogens is 427 g/mol. The molecule has 0 radical (unpaired) electrons. The molecular formula is C22H18ClFN2O5. The number of hydrogen-bond acceptors (Lipinski definition) is 5. The highest BCUT2D eigenvalue weighted by atomic mass is 35.5. The molecule has 1 unspecified atom stereocenters. The van der Waals surface area contributed by atoms with Crippen molar-refractivity contribution in [1.29, 1.82) is 0 Å². The van der Waals surface area contributed by atoms with Crippen LogP contribution in [0.5, 0.6) is 17.4 Å². The predicted octanol–water partition coefficient (Wildman–Crippen LogP) is 4.45. The molecule has 2 aromatic carbocycles. The van der Waals surface area contributed by atoms with Gasteiger partial charge in [-0.3, -0.25) is 4.79 Å². The number of pyridine rings is 1. The fourth-order valence-electron chi connectivity index (χ4n) is 2.51. The lowest BCUT2D eigenvalue weighted by Gasteiger charge is -2.12. The highest BCUT2D eigenvalue weighted by molar-refractivity contribution is 6.30. The molecule has 2 N–H and O–H groups in total. The minimum atomic E-state index is -1.06. The number of aliphatic carboxylic acids is 1. The van der Waals surface area contributed by atoms with E-state index in [0.29, 0.717) is 5.75 Å². The van der Waals surface area contributed by atoms with Gasteiger partial charge in [0.2, 0.25) is 5.88 Å². The quantitative estimate of drug-likeness (QED) is 0.532. The van der Waals surface area contributed by atoms with Gasteiger partial charge in [-0.15, -0.1) is 0 Å². The first kappa shape index (κ1) is 22.0. The summed E-state index contributed by atoms with van der Waals surface area (Å²) in [6.45, 7) is 1.65. The number of halogens is 2. The summed E-state index contributed by atoms with van der Waals surface area (Å²) < 4.78 is 24.2. The zero-order chi connectivity index (χ0) is 22.4. The van der Waals surface area contributed by atoms with Gasteiger partial charge < -0.3 is 19.9 Å². The first-order valence-electron chi connectivity index (χ1n) is 9.18. The third-order valence-corrected chi connectivity index (χ3v) is 4.45. The van der Waals surface area contributed by atoms with Gasteiger partial charge in [-0.1, -0.05) is 23.7 Å². The number of nitrogens with one attached hydrogen (secondary N) is 1. The maximum absolute atomic E-state index is 13.3. The molecule has 31 heavy (non-hydrogen) atoms. The average Bonchev–Trinajstić information content (AvgIpc) is 2.76. The lowest BCUT2D eigenvalue weighted by Crippen LogP contribution is -2.24. The van der Waals surface area contributed by atoms with E-state index in [0.717, 1.165) is 11.6 Å². The summed E-state index contributed by atoms with van der Waals surface area (Å²) in [5, 5.41) is 11.5. The standard InChI is InChI=1S/C22H18ClFN2O5/c1-13(22(28)29)30-15-6-4-14(5-7-15)12-26-20(27)17-3-2-10-25-21(17)31-16-8-9-19(24)18(23)11-16/h2-11,13H,12H2,1H3,(H,26,27)(H,28,29). The summed E-state index contributed by atoms with van der Waals surface area (Å²) in [5.41, 5.74) is 0.971. The first-order chi connectivity index (χ1) is 14.8. The molecule has 0 fully saturated rings. The highest BCUT2D eigenvalue weighted by Gasteiger charge is 2.15. The number of hydrogen-bond donors (Lipinski definition) is 2. The van der Waals surface area contributed by atoms with Crippen LogP contribution in [0.2, 0.25) is 5.02 Å². The van der Waals surface area contributed by atoms with Gasteiger partial charge in [0.05, 0.1) is 5.02 Å². The number of nitrogens with zero attached hydrogens (tertiary/aromatic N) is 1. The summed E-state index contributed by atoms with van der Waals surface area (Å²) in [5.74, 6) is -1.36. The van der Waals surface area contributed by atoms with E-state index in [2.05, 4.69) is 10.3 Å². The highest BCUT2D eigenvalue weighted by Crippen LogP contribution is 2.27. The zero-order valence-electron chi connectivity index (χ0n) is 16.3. The number of carbonyl (C=O) groups excluding carboxylic acids is 1. The van der Waals surface area contributed by atoms with Gasteiger partial charge in [-0.2, -0.15) is 0 Å². The molecule has 160 valence electrons. The normalized spacial score (nSPS) is 11.5. The number of carboxylic acid groups (broad SMARTS) is 1. The lowest BCUT2D eigenvalue weighted by molar-refractivity contribution is -0.144. The Labute approximate surface area is 182 Å². The molecule has 1 amide bonds. The zero-order valence-corrected chi connectivity index (χ0v) is 17.1. The molecule has 0 aliphatic heterocycles. The van der Waals surface area contributed by atoms with E-state index >= 15 is 0 Å². The Morgan fingerprint density at radius 2 is 1.87 bits per heavy atom. The Bertz CT molecular complexity index is 1090. The molecule has 3 aromatic rings. The van der Waals surface area contributed by atoms with E-state index in [1.165, 1.54) is 25.3 Å². The van der Waals surface area contributed by atoms with Crippen LogP contribution in [0.4, 0.5) is 4.39 Å². The topological polar surface area (TPSA) is 97.8 Å². The van der Waals surface area contributed by atoms with Gasteiger partial charge in [0.1, 0.15) is 22.9 Å². The van der Waals surface area contributed by atoms with Crippen molar-refractivity contribution in [2.45, 2.75) is 19.6 Å². The minimum Gasteiger partial charge on any atom is -0.479 e. The molecule has 7 nitrogen and oxygen atoms in total. The number of amides is 1. The summed E-state index contributed by atoms with van der Waals surface area (Å²) in [7, 11) is 0. The smallest absolute Gasteiger partial charge is 0.344 e. The number of ether oxygens (including phenoxy) is 2. The van der Waals surface area contributed by atoms with Crippen molar-refractivity contribution < 1.29 is 28.6 Å². The predicted molar refractivity (Wildman–Crippen MR) is 111 cm³/mol. The Kier molecular flexibility index (Phi) is 7.04. The lowest BCUT2D eigenvalue weighted by atomic mass is 10.2. The Balaban J connectivity index is 1.64. The van der Waals surface area contributed by atoms with Crippen LogP contribution >= 0.6 is 11.6 Å². The van der Waals surface area contributed by atoms with Crippen molar-refractivity contribution in [3.8, 4) is 17.4 Å². The molecule has 0 aliphatic rings. The number of rotatable bonds is 8. The molecule has 0 spiro atoms. The van der Waals surface area contributed by atoms with Crippen LogP contribution in [0.1, 0.15) is 22.8 Å². The van der Waals surface area contributed by atoms with Crippen LogP contribution in [0.15, 0.2) is 60.8 Å². The summed E-state index contributed by atoms with van der Waals surface area (Å²) in [4.78, 5) is 27.5. The molecule has 0 bridgehead atoms. The summed E-state index contributed by atoms with van der Waals surface area (Å²) >= 11 is 5.76. The SMILES string of the molecule is CC(Oc1ccc(CNC(=O)c2cccnc2Oc2ccc(F)c(Cl)c2)cc1)C(=O)O. The first-order valence-corrected chi connectivity index (χ1v) is 9.56. The van der Waals surface area contributed by atoms with Crippen LogP contribution < -0.4 is 14.8 Å². The molecule has 0 saturated heterocycles. The molecule has 0 aliphatic carbocycles. The number of carbonyl (C=O) groups is 2. The number of benzene rings is 2. The molecule has 1 aromatic heterocycles. The van der Waals surface area contributed by atoms with Gasteiger partial charge in [0.25, 0.3) is 5.91 Å². The van der Waals surface area contributed by atoms with Crippen molar-refractivity contribution in [3.63, 3.8) is 0 Å². The molecule has 3 rings (SSSR count). The fourth-order valence-corrected chi connectivity index (χ4v) is 2.69. The molecule has 1 heterocycles. The van der Waals surface area contributed by atoms with Crippen LogP contribution in [-0.4, -0.2) is 28.1 Å². The van der Waals surface area contributed by atoms with Crippen molar-refractivity contribution in [3.05, 3.63) is 82.8 Å². The second-order valence-corrected chi connectivity index (χ2v) is 6.87. The maximum Gasteiger partial charge on any atom is 0.344 e. The Morgan fingerprint density at radius 1 is 1.16 bits per heavy atom. The molecule has 1 atom stereocenters. The number of carboxylic acids is 1. The van der Waals surface area contributed by atoms with Crippen LogP contribution in [0.3, 0.4) is 0 Å². The second kappa shape index (κ2) is 9.90. The minimum absolute atomic E-state index is 0.0501. The Morgan fingerprint density at radius 3 is 2.55 bits per heavy atom. The Hall–Kier alpha value is -3.65. The van der Waals surface area contributed by atoms with Gasteiger partial charge in [0.15, 0.2) is 6.10 Å². The van der Waals surface area contributed by atoms with Crippen LogP contribution in [0.25, 0.3) is 0 Å². The van der Waals surface area contributed by atoms with E-state index in [4.69, 9.17) is 26.2 Å². The third-order valence-electron chi connectivity index (χ3n) is 4.16.